The van der Waals surface area contributed by atoms with Crippen molar-refractivity contribution in [3.05, 3.63) is 0 Å². The zero-order valence-electron chi connectivity index (χ0n) is 24.3. The van der Waals surface area contributed by atoms with Gasteiger partial charge in [0.15, 0.2) is 0 Å². The van der Waals surface area contributed by atoms with Crippen molar-refractivity contribution in [1.82, 2.24) is 0 Å². The van der Waals surface area contributed by atoms with Gasteiger partial charge < -0.3 is 9.84 Å². The first-order valence-corrected chi connectivity index (χ1v) is 16.0. The Kier molecular flexibility index (Phi) is 27.7. The van der Waals surface area contributed by atoms with Crippen LogP contribution in [0.25, 0.3) is 0 Å². The second-order valence-corrected chi connectivity index (χ2v) is 11.0. The lowest BCUT2D eigenvalue weighted by atomic mass is 10.0. The van der Waals surface area contributed by atoms with Gasteiger partial charge in [-0.15, -0.1) is 0 Å². The second kappa shape index (κ2) is 28.5. The second-order valence-electron chi connectivity index (χ2n) is 11.0. The lowest BCUT2D eigenvalue weighted by Gasteiger charge is -2.17. The molecule has 0 aromatic heterocycles. The Morgan fingerprint density at radius 2 is 0.889 bits per heavy atom. The molecule has 0 amide bonds. The van der Waals surface area contributed by atoms with Gasteiger partial charge in [-0.05, 0) is 32.1 Å². The highest BCUT2D eigenvalue weighted by atomic mass is 16.5. The Morgan fingerprint density at radius 3 is 1.31 bits per heavy atom. The first-order chi connectivity index (χ1) is 17.6. The molecule has 0 spiro atoms. The van der Waals surface area contributed by atoms with Gasteiger partial charge in [0.25, 0.3) is 0 Å². The van der Waals surface area contributed by atoms with E-state index in [0.29, 0.717) is 12.8 Å². The van der Waals surface area contributed by atoms with Crippen LogP contribution in [0.15, 0.2) is 0 Å². The fraction of sp³-hybridized carbons (Fsp3) is 0.938. The summed E-state index contributed by atoms with van der Waals surface area (Å²) < 4.78 is 5.80. The number of carboxylic acid groups (broad SMARTS) is 1. The van der Waals surface area contributed by atoms with Gasteiger partial charge in [0, 0.05) is 12.8 Å². The topological polar surface area (TPSA) is 63.6 Å². The molecular weight excluding hydrogens is 448 g/mol. The summed E-state index contributed by atoms with van der Waals surface area (Å²) in [6.07, 6.45) is 31.7. The van der Waals surface area contributed by atoms with Crippen molar-refractivity contribution in [2.24, 2.45) is 0 Å². The predicted molar refractivity (Wildman–Crippen MR) is 154 cm³/mol. The van der Waals surface area contributed by atoms with E-state index in [1.807, 2.05) is 0 Å². The standard InChI is InChI=1S/C32H62O4/c1-3-5-6-7-8-9-10-11-12-13-14-15-19-22-25-29-32(35)36-30(26-4-2)27-23-20-17-16-18-21-24-28-31(33)34/h30H,3-29H2,1-2H3,(H,33,34). The number of hydrogen-bond donors (Lipinski definition) is 1. The van der Waals surface area contributed by atoms with Gasteiger partial charge in [-0.3, -0.25) is 9.59 Å². The SMILES string of the molecule is CCCCCCCCCCCCCCCCCC(=O)OC(CCC)CCCCCCCCCC(=O)O. The lowest BCUT2D eigenvalue weighted by Crippen LogP contribution is -2.18. The molecule has 0 aliphatic heterocycles. The summed E-state index contributed by atoms with van der Waals surface area (Å²) in [5.41, 5.74) is 0. The number of rotatable bonds is 29. The molecule has 0 rings (SSSR count). The van der Waals surface area contributed by atoms with Gasteiger partial charge >= 0.3 is 11.9 Å². The van der Waals surface area contributed by atoms with Crippen molar-refractivity contribution in [3.63, 3.8) is 0 Å². The van der Waals surface area contributed by atoms with Crippen LogP contribution >= 0.6 is 0 Å². The Hall–Kier alpha value is -1.06. The van der Waals surface area contributed by atoms with Crippen molar-refractivity contribution in [2.45, 2.75) is 193 Å². The van der Waals surface area contributed by atoms with E-state index in [4.69, 9.17) is 9.84 Å². The average molecular weight is 511 g/mol. The molecule has 1 atom stereocenters. The molecule has 214 valence electrons. The molecule has 1 unspecified atom stereocenters. The Morgan fingerprint density at radius 1 is 0.500 bits per heavy atom. The summed E-state index contributed by atoms with van der Waals surface area (Å²) in [4.78, 5) is 22.8. The molecule has 0 aliphatic rings. The highest BCUT2D eigenvalue weighted by Gasteiger charge is 2.13. The molecule has 1 N–H and O–H groups in total. The fourth-order valence-corrected chi connectivity index (χ4v) is 5.00. The van der Waals surface area contributed by atoms with Crippen molar-refractivity contribution < 1.29 is 19.4 Å². The summed E-state index contributed by atoms with van der Waals surface area (Å²) in [6, 6.07) is 0. The van der Waals surface area contributed by atoms with E-state index in [-0.39, 0.29) is 12.1 Å². The average Bonchev–Trinajstić information content (AvgIpc) is 2.85. The molecule has 0 bridgehead atoms. The third kappa shape index (κ3) is 27.5. The van der Waals surface area contributed by atoms with Gasteiger partial charge in [0.1, 0.15) is 6.10 Å². The van der Waals surface area contributed by atoms with Gasteiger partial charge in [-0.2, -0.15) is 0 Å². The first-order valence-electron chi connectivity index (χ1n) is 16.0. The van der Waals surface area contributed by atoms with E-state index >= 15 is 0 Å². The van der Waals surface area contributed by atoms with E-state index in [0.717, 1.165) is 57.8 Å². The number of carbonyl (C=O) groups is 2. The number of hydrogen-bond acceptors (Lipinski definition) is 3. The van der Waals surface area contributed by atoms with Crippen LogP contribution in [-0.2, 0) is 14.3 Å². The van der Waals surface area contributed by atoms with Crippen molar-refractivity contribution in [2.75, 3.05) is 0 Å². The van der Waals surface area contributed by atoms with E-state index in [1.54, 1.807) is 0 Å². The van der Waals surface area contributed by atoms with Gasteiger partial charge in [0.05, 0.1) is 0 Å². The fourth-order valence-electron chi connectivity index (χ4n) is 5.00. The van der Waals surface area contributed by atoms with Crippen LogP contribution < -0.4 is 0 Å². The zero-order valence-corrected chi connectivity index (χ0v) is 24.3. The van der Waals surface area contributed by atoms with E-state index in [9.17, 15) is 9.59 Å². The minimum absolute atomic E-state index is 0.00146. The number of unbranched alkanes of at least 4 members (excludes halogenated alkanes) is 20. The Labute approximate surface area is 224 Å². The molecule has 4 nitrogen and oxygen atoms in total. The largest absolute Gasteiger partial charge is 0.481 e. The molecule has 0 saturated heterocycles. The molecular formula is C32H62O4. The Balaban J connectivity index is 3.52. The summed E-state index contributed by atoms with van der Waals surface area (Å²) in [6.45, 7) is 4.44. The molecule has 4 heteroatoms. The third-order valence-corrected chi connectivity index (χ3v) is 7.31. The van der Waals surface area contributed by atoms with Gasteiger partial charge in [0.2, 0.25) is 0 Å². The van der Waals surface area contributed by atoms with Crippen molar-refractivity contribution >= 4 is 11.9 Å². The number of esters is 1. The lowest BCUT2D eigenvalue weighted by molar-refractivity contribution is -0.150. The molecule has 0 aliphatic carbocycles. The smallest absolute Gasteiger partial charge is 0.306 e. The maximum Gasteiger partial charge on any atom is 0.306 e. The highest BCUT2D eigenvalue weighted by Crippen LogP contribution is 2.17. The van der Waals surface area contributed by atoms with Crippen molar-refractivity contribution in [3.8, 4) is 0 Å². The van der Waals surface area contributed by atoms with Crippen LogP contribution in [0.5, 0.6) is 0 Å². The van der Waals surface area contributed by atoms with Crippen LogP contribution in [0.4, 0.5) is 0 Å². The first kappa shape index (κ1) is 34.9. The normalized spacial score (nSPS) is 12.1. The minimum Gasteiger partial charge on any atom is -0.481 e. The number of ether oxygens (including phenoxy) is 1. The molecule has 0 saturated carbocycles. The molecule has 0 fully saturated rings. The van der Waals surface area contributed by atoms with E-state index in [2.05, 4.69) is 13.8 Å². The molecule has 0 heterocycles. The number of carbonyl (C=O) groups excluding carboxylic acids is 1. The quantitative estimate of drug-likeness (QED) is 0.0802. The third-order valence-electron chi connectivity index (χ3n) is 7.31. The van der Waals surface area contributed by atoms with Crippen LogP contribution in [0.1, 0.15) is 187 Å². The summed E-state index contributed by atoms with van der Waals surface area (Å²) >= 11 is 0. The minimum atomic E-state index is -0.689. The van der Waals surface area contributed by atoms with E-state index < -0.39 is 5.97 Å². The summed E-state index contributed by atoms with van der Waals surface area (Å²) in [5, 5.41) is 8.66. The molecule has 0 aromatic carbocycles. The highest BCUT2D eigenvalue weighted by molar-refractivity contribution is 5.69. The maximum atomic E-state index is 12.3. The number of carboxylic acids is 1. The molecule has 0 radical (unpaired) electrons. The summed E-state index contributed by atoms with van der Waals surface area (Å²) in [7, 11) is 0. The van der Waals surface area contributed by atoms with Crippen LogP contribution in [0.3, 0.4) is 0 Å². The number of aliphatic carboxylic acids is 1. The molecule has 0 aromatic rings. The monoisotopic (exact) mass is 510 g/mol. The van der Waals surface area contributed by atoms with Gasteiger partial charge in [-0.1, -0.05) is 142 Å². The predicted octanol–water partition coefficient (Wildman–Crippen LogP) is 10.6. The van der Waals surface area contributed by atoms with Gasteiger partial charge in [-0.25, -0.2) is 0 Å². The zero-order chi connectivity index (χ0) is 26.5. The summed E-state index contributed by atoms with van der Waals surface area (Å²) in [5.74, 6) is -0.687. The van der Waals surface area contributed by atoms with Crippen molar-refractivity contribution in [1.29, 1.82) is 0 Å². The van der Waals surface area contributed by atoms with Crippen LogP contribution in [-0.4, -0.2) is 23.1 Å². The Bertz CT molecular complexity index is 477. The van der Waals surface area contributed by atoms with Crippen LogP contribution in [0, 0.1) is 0 Å². The maximum absolute atomic E-state index is 12.3. The van der Waals surface area contributed by atoms with Crippen LogP contribution in [0.2, 0.25) is 0 Å². The van der Waals surface area contributed by atoms with E-state index in [1.165, 1.54) is 103 Å². The molecule has 36 heavy (non-hydrogen) atoms.